The van der Waals surface area contributed by atoms with Gasteiger partial charge in [0.2, 0.25) is 0 Å². The normalized spacial score (nSPS) is 11.5. The molecule has 0 saturated carbocycles. The molecule has 0 aliphatic heterocycles. The predicted molar refractivity (Wildman–Crippen MR) is 76.1 cm³/mol. The van der Waals surface area contributed by atoms with Crippen molar-refractivity contribution in [2.75, 3.05) is 11.9 Å². The van der Waals surface area contributed by atoms with Gasteiger partial charge < -0.3 is 20.8 Å². The number of rotatable bonds is 6. The molecule has 2 amide bonds. The standard InChI is InChI=1S/C11H12BrN3O6/c12-7-5-6(15(20)21)1-2-8(7)14-11(19)13-4-3-9(16)10(17)18/h1-2,5,9,16H,3-4H2,(H,17,18)(H2,13,14,19). The summed E-state index contributed by atoms with van der Waals surface area (Å²) in [5, 5.41) is 32.8. The SMILES string of the molecule is O=C(NCCC(O)C(=O)O)Nc1ccc([N+](=O)[O-])cc1Br. The van der Waals surface area contributed by atoms with Crippen molar-refractivity contribution < 1.29 is 24.7 Å². The van der Waals surface area contributed by atoms with E-state index in [1.54, 1.807) is 0 Å². The minimum atomic E-state index is -1.54. The lowest BCUT2D eigenvalue weighted by molar-refractivity contribution is -0.384. The third kappa shape index (κ3) is 5.36. The zero-order valence-electron chi connectivity index (χ0n) is 10.6. The van der Waals surface area contributed by atoms with Crippen molar-refractivity contribution in [3.63, 3.8) is 0 Å². The van der Waals surface area contributed by atoms with Crippen molar-refractivity contribution in [1.29, 1.82) is 0 Å². The van der Waals surface area contributed by atoms with Gasteiger partial charge in [-0.2, -0.15) is 0 Å². The molecule has 1 atom stereocenters. The predicted octanol–water partition coefficient (Wildman–Crippen LogP) is 1.31. The molecule has 0 aliphatic carbocycles. The smallest absolute Gasteiger partial charge is 0.332 e. The van der Waals surface area contributed by atoms with E-state index in [-0.39, 0.29) is 18.7 Å². The van der Waals surface area contributed by atoms with Gasteiger partial charge in [-0.15, -0.1) is 0 Å². The molecule has 0 aromatic heterocycles. The van der Waals surface area contributed by atoms with E-state index in [9.17, 15) is 19.7 Å². The van der Waals surface area contributed by atoms with Crippen LogP contribution < -0.4 is 10.6 Å². The number of carbonyl (C=O) groups is 2. The van der Waals surface area contributed by atoms with E-state index >= 15 is 0 Å². The van der Waals surface area contributed by atoms with Crippen LogP contribution in [0.5, 0.6) is 0 Å². The van der Waals surface area contributed by atoms with Crippen LogP contribution in [0.25, 0.3) is 0 Å². The number of aliphatic hydroxyl groups is 1. The summed E-state index contributed by atoms with van der Waals surface area (Å²) in [6, 6.07) is 3.20. The number of aliphatic carboxylic acids is 1. The Balaban J connectivity index is 2.52. The van der Waals surface area contributed by atoms with Gasteiger partial charge in [-0.25, -0.2) is 9.59 Å². The number of nitro groups is 1. The van der Waals surface area contributed by atoms with Crippen molar-refractivity contribution in [3.8, 4) is 0 Å². The molecule has 0 bridgehead atoms. The topological polar surface area (TPSA) is 142 Å². The number of anilines is 1. The van der Waals surface area contributed by atoms with Crippen molar-refractivity contribution in [2.45, 2.75) is 12.5 Å². The van der Waals surface area contributed by atoms with E-state index in [1.165, 1.54) is 18.2 Å². The number of halogens is 1. The number of nitrogens with zero attached hydrogens (tertiary/aromatic N) is 1. The fourth-order valence-electron chi connectivity index (χ4n) is 1.33. The molecular weight excluding hydrogens is 350 g/mol. The van der Waals surface area contributed by atoms with Crippen molar-refractivity contribution in [1.82, 2.24) is 5.32 Å². The van der Waals surface area contributed by atoms with Gasteiger partial charge in [-0.1, -0.05) is 0 Å². The summed E-state index contributed by atoms with van der Waals surface area (Å²) >= 11 is 3.09. The highest BCUT2D eigenvalue weighted by Crippen LogP contribution is 2.26. The van der Waals surface area contributed by atoms with Crippen LogP contribution >= 0.6 is 15.9 Å². The van der Waals surface area contributed by atoms with Crippen molar-refractivity contribution in [3.05, 3.63) is 32.8 Å². The molecule has 1 unspecified atom stereocenters. The molecule has 0 radical (unpaired) electrons. The summed E-state index contributed by atoms with van der Waals surface area (Å²) in [5.41, 5.74) is 0.189. The highest BCUT2D eigenvalue weighted by molar-refractivity contribution is 9.10. The molecular formula is C11H12BrN3O6. The monoisotopic (exact) mass is 361 g/mol. The first-order chi connectivity index (χ1) is 9.81. The van der Waals surface area contributed by atoms with E-state index in [1.807, 2.05) is 0 Å². The molecule has 9 nitrogen and oxygen atoms in total. The van der Waals surface area contributed by atoms with Crippen LogP contribution in [0.1, 0.15) is 6.42 Å². The number of nitro benzene ring substituents is 1. The van der Waals surface area contributed by atoms with Crippen LogP contribution in [-0.4, -0.2) is 39.8 Å². The van der Waals surface area contributed by atoms with Gasteiger partial charge in [0.05, 0.1) is 10.6 Å². The Hall–Kier alpha value is -2.20. The van der Waals surface area contributed by atoms with Crippen molar-refractivity contribution >= 4 is 39.3 Å². The number of urea groups is 1. The van der Waals surface area contributed by atoms with Gasteiger partial charge >= 0.3 is 12.0 Å². The summed E-state index contributed by atoms with van der Waals surface area (Å²) in [6.45, 7) is -0.0378. The number of amides is 2. The van der Waals surface area contributed by atoms with Crippen LogP contribution in [-0.2, 0) is 4.79 Å². The number of nitrogens with one attached hydrogen (secondary N) is 2. The Morgan fingerprint density at radius 2 is 2.10 bits per heavy atom. The zero-order chi connectivity index (χ0) is 16.0. The highest BCUT2D eigenvalue weighted by Gasteiger charge is 2.14. The van der Waals surface area contributed by atoms with E-state index in [0.29, 0.717) is 10.2 Å². The molecule has 4 N–H and O–H groups in total. The van der Waals surface area contributed by atoms with Gasteiger partial charge in [0.1, 0.15) is 0 Å². The lowest BCUT2D eigenvalue weighted by atomic mass is 10.2. The number of carboxylic acids is 1. The number of hydrogen-bond donors (Lipinski definition) is 4. The second-order valence-electron chi connectivity index (χ2n) is 3.94. The molecule has 0 spiro atoms. The van der Waals surface area contributed by atoms with Crippen LogP contribution in [0, 0.1) is 10.1 Å². The molecule has 114 valence electrons. The number of aliphatic hydroxyl groups excluding tert-OH is 1. The maximum Gasteiger partial charge on any atom is 0.332 e. The summed E-state index contributed by atoms with van der Waals surface area (Å²) in [5.74, 6) is -1.37. The molecule has 10 heteroatoms. The Bertz CT molecular complexity index is 565. The van der Waals surface area contributed by atoms with Gasteiger partial charge in [0.15, 0.2) is 6.10 Å². The van der Waals surface area contributed by atoms with Crippen LogP contribution in [0.3, 0.4) is 0 Å². The lowest BCUT2D eigenvalue weighted by Gasteiger charge is -2.10. The third-order valence-corrected chi connectivity index (χ3v) is 3.06. The Kier molecular flexibility index (Phi) is 6.06. The Morgan fingerprint density at radius 1 is 1.43 bits per heavy atom. The fourth-order valence-corrected chi connectivity index (χ4v) is 1.80. The van der Waals surface area contributed by atoms with Crippen LogP contribution in [0.15, 0.2) is 22.7 Å². The molecule has 0 aliphatic rings. The maximum atomic E-state index is 11.5. The van der Waals surface area contributed by atoms with Crippen LogP contribution in [0.2, 0.25) is 0 Å². The Morgan fingerprint density at radius 3 is 2.62 bits per heavy atom. The van der Waals surface area contributed by atoms with Gasteiger partial charge in [0.25, 0.3) is 5.69 Å². The summed E-state index contributed by atoms with van der Waals surface area (Å²) < 4.78 is 0.331. The quantitative estimate of drug-likeness (QED) is 0.444. The molecule has 0 heterocycles. The summed E-state index contributed by atoms with van der Waals surface area (Å²) in [6.07, 6.45) is -1.68. The number of non-ortho nitro benzene ring substituents is 1. The minimum Gasteiger partial charge on any atom is -0.479 e. The van der Waals surface area contributed by atoms with E-state index in [2.05, 4.69) is 26.6 Å². The number of carbonyl (C=O) groups excluding carboxylic acids is 1. The van der Waals surface area contributed by atoms with Crippen LogP contribution in [0.4, 0.5) is 16.2 Å². The average Bonchev–Trinajstić information content (AvgIpc) is 2.40. The second-order valence-corrected chi connectivity index (χ2v) is 4.80. The van der Waals surface area contributed by atoms with Gasteiger partial charge in [0, 0.05) is 29.6 Å². The molecule has 0 fully saturated rings. The number of hydrogen-bond acceptors (Lipinski definition) is 5. The summed E-state index contributed by atoms with van der Waals surface area (Å²) in [4.78, 5) is 31.9. The first-order valence-electron chi connectivity index (χ1n) is 5.71. The number of benzene rings is 1. The maximum absolute atomic E-state index is 11.5. The number of carboxylic acid groups (broad SMARTS) is 1. The minimum absolute atomic E-state index is 0.0378. The molecule has 1 aromatic carbocycles. The zero-order valence-corrected chi connectivity index (χ0v) is 12.2. The molecule has 1 rings (SSSR count). The summed E-state index contributed by atoms with van der Waals surface area (Å²) in [7, 11) is 0. The largest absolute Gasteiger partial charge is 0.479 e. The first-order valence-corrected chi connectivity index (χ1v) is 6.50. The average molecular weight is 362 g/mol. The van der Waals surface area contributed by atoms with Gasteiger partial charge in [-0.3, -0.25) is 10.1 Å². The highest BCUT2D eigenvalue weighted by atomic mass is 79.9. The van der Waals surface area contributed by atoms with E-state index < -0.39 is 23.0 Å². The second kappa shape index (κ2) is 7.55. The molecule has 0 saturated heterocycles. The van der Waals surface area contributed by atoms with E-state index in [0.717, 1.165) is 0 Å². The van der Waals surface area contributed by atoms with E-state index in [4.69, 9.17) is 10.2 Å². The molecule has 21 heavy (non-hydrogen) atoms. The third-order valence-electron chi connectivity index (χ3n) is 2.40. The Labute approximate surface area is 127 Å². The van der Waals surface area contributed by atoms with Gasteiger partial charge in [-0.05, 0) is 22.0 Å². The molecule has 1 aromatic rings. The fraction of sp³-hybridized carbons (Fsp3) is 0.273. The van der Waals surface area contributed by atoms with Crippen molar-refractivity contribution in [2.24, 2.45) is 0 Å². The lowest BCUT2D eigenvalue weighted by Crippen LogP contribution is -2.33. The first kappa shape index (κ1) is 16.9.